The molecule has 1 aliphatic rings. The summed E-state index contributed by atoms with van der Waals surface area (Å²) >= 11 is 0. The van der Waals surface area contributed by atoms with Crippen LogP contribution in [0.25, 0.3) is 0 Å². The molecule has 1 saturated heterocycles. The monoisotopic (exact) mass is 539 g/mol. The van der Waals surface area contributed by atoms with Crippen molar-refractivity contribution in [3.05, 3.63) is 54.1 Å². The Morgan fingerprint density at radius 3 is 1.83 bits per heavy atom. The third-order valence-electron chi connectivity index (χ3n) is 5.72. The van der Waals surface area contributed by atoms with Crippen LogP contribution in [0.4, 0.5) is 5.69 Å². The Morgan fingerprint density at radius 2 is 1.39 bits per heavy atom. The number of carboxylic acid groups (broad SMARTS) is 3. The van der Waals surface area contributed by atoms with Gasteiger partial charge in [0.15, 0.2) is 0 Å². The molecule has 11 nitrogen and oxygen atoms in total. The maximum absolute atomic E-state index is 11.4. The van der Waals surface area contributed by atoms with Crippen LogP contribution in [0.5, 0.6) is 11.5 Å². The van der Waals surface area contributed by atoms with Gasteiger partial charge in [-0.05, 0) is 42.0 Å². The second-order valence-electron chi connectivity index (χ2n) is 8.37. The molecule has 5 N–H and O–H groups in total. The maximum atomic E-state index is 11.4. The summed E-state index contributed by atoms with van der Waals surface area (Å²) in [5.74, 6) is -2.02. The normalized spacial score (nSPS) is 16.2. The quantitative estimate of drug-likeness (QED) is 0.280. The Hall–Kier alpha value is -3.09. The van der Waals surface area contributed by atoms with Crippen molar-refractivity contribution in [1.29, 1.82) is 0 Å². The first-order chi connectivity index (χ1) is 17.2. The summed E-state index contributed by atoms with van der Waals surface area (Å²) in [5, 5.41) is 34.0. The molecule has 1 radical (unpaired) electrons. The van der Waals surface area contributed by atoms with E-state index in [0.29, 0.717) is 30.2 Å². The van der Waals surface area contributed by atoms with Gasteiger partial charge in [0.25, 0.3) is 0 Å². The molecule has 0 aliphatic carbocycles. The molecule has 1 aliphatic heterocycles. The third kappa shape index (κ3) is 8.25. The number of hydrogen-bond acceptors (Lipinski definition) is 8. The van der Waals surface area contributed by atoms with Crippen LogP contribution in [0.2, 0.25) is 0 Å². The molecule has 0 aromatic heterocycles. The smallest absolute Gasteiger partial charge is 0.317 e. The number of benzene rings is 2. The predicted molar refractivity (Wildman–Crippen MR) is 128 cm³/mol. The number of rotatable bonds is 11. The fourth-order valence-corrected chi connectivity index (χ4v) is 4.17. The van der Waals surface area contributed by atoms with Crippen molar-refractivity contribution < 1.29 is 54.4 Å². The first-order valence-corrected chi connectivity index (χ1v) is 11.0. The molecule has 0 saturated carbocycles. The molecule has 2 aromatic carbocycles. The van der Waals surface area contributed by atoms with E-state index in [4.69, 9.17) is 6.11 Å². The van der Waals surface area contributed by atoms with Gasteiger partial charge in [0.2, 0.25) is 0 Å². The minimum atomic E-state index is -1.09. The van der Waals surface area contributed by atoms with Crippen LogP contribution in [0.3, 0.4) is 0 Å². The molecule has 12 heteroatoms. The molecule has 0 spiro atoms. The fourth-order valence-electron chi connectivity index (χ4n) is 4.17. The number of nitrogens with zero attached hydrogens (tertiary/aromatic N) is 2. The average molecular weight is 539 g/mol. The molecule has 0 atom stereocenters. The Kier molecular flexibility index (Phi) is 10.1. The molecule has 0 bridgehead atoms. The van der Waals surface area contributed by atoms with Gasteiger partial charge in [-0.15, -0.1) is 0 Å². The van der Waals surface area contributed by atoms with Gasteiger partial charge in [-0.25, -0.2) is 0 Å². The van der Waals surface area contributed by atoms with E-state index in [1.54, 1.807) is 58.3 Å². The van der Waals surface area contributed by atoms with Crippen LogP contribution < -0.4 is 15.4 Å². The number of aliphatic carboxylic acids is 3. The average Bonchev–Trinajstić information content (AvgIpc) is 2.98. The number of carboxylic acids is 3. The van der Waals surface area contributed by atoms with Crippen molar-refractivity contribution in [2.75, 3.05) is 58.2 Å². The van der Waals surface area contributed by atoms with Crippen molar-refractivity contribution in [2.45, 2.75) is 5.54 Å². The molecule has 36 heavy (non-hydrogen) atoms. The molecule has 2 aromatic rings. The standard InChI is InChI=1S/C24H30N4O7.V/c1-25-18-4-8-20(9-5-18)35-19-6-2-17(3-7-19)24(26-12-21(29)30)15-27(13-22(31)32)10-11-28(16-24)14-23(33)34;/h2-9,25-26H,10-16H2,1H3,(H,29,30)(H,31,32)(H,33,34);/i1T;. The van der Waals surface area contributed by atoms with E-state index in [9.17, 15) is 29.7 Å². The first kappa shape index (κ1) is 27.5. The molecule has 3 rings (SSSR count). The molecule has 193 valence electrons. The molecule has 1 heterocycles. The summed E-state index contributed by atoms with van der Waals surface area (Å²) in [7, 11) is 0.0626. The Morgan fingerprint density at radius 1 is 0.889 bits per heavy atom. The van der Waals surface area contributed by atoms with Gasteiger partial charge in [-0.2, -0.15) is 0 Å². The molecular formula is C24H30N4O7V. The van der Waals surface area contributed by atoms with Crippen LogP contribution in [0.1, 0.15) is 6.93 Å². The van der Waals surface area contributed by atoms with E-state index in [1.807, 2.05) is 0 Å². The van der Waals surface area contributed by atoms with E-state index < -0.39 is 30.0 Å². The van der Waals surface area contributed by atoms with Gasteiger partial charge in [0, 0.05) is 58.8 Å². The van der Waals surface area contributed by atoms with Gasteiger partial charge < -0.3 is 25.4 Å². The topological polar surface area (TPSA) is 152 Å². The van der Waals surface area contributed by atoms with Crippen molar-refractivity contribution in [2.24, 2.45) is 0 Å². The predicted octanol–water partition coefficient (Wildman–Crippen LogP) is 1.17. The van der Waals surface area contributed by atoms with Gasteiger partial charge in [-0.3, -0.25) is 29.5 Å². The first-order valence-electron chi connectivity index (χ1n) is 11.7. The molecular weight excluding hydrogens is 507 g/mol. The second-order valence-corrected chi connectivity index (χ2v) is 8.37. The summed E-state index contributed by atoms with van der Waals surface area (Å²) in [6, 6.07) is 14.1. The summed E-state index contributed by atoms with van der Waals surface area (Å²) in [4.78, 5) is 37.7. The number of anilines is 1. The zero-order valence-electron chi connectivity index (χ0n) is 20.6. The van der Waals surface area contributed by atoms with Crippen molar-refractivity contribution in [3.63, 3.8) is 0 Å². The molecule has 0 unspecified atom stereocenters. The summed E-state index contributed by atoms with van der Waals surface area (Å²) in [5.41, 5.74) is 0.435. The van der Waals surface area contributed by atoms with E-state index in [1.165, 1.54) is 0 Å². The number of ether oxygens (including phenoxy) is 1. The Balaban J connectivity index is 0.00000481. The zero-order chi connectivity index (χ0) is 26.1. The molecule has 0 amide bonds. The summed E-state index contributed by atoms with van der Waals surface area (Å²) in [6.45, 7) is 0.0809. The number of nitrogens with one attached hydrogen (secondary N) is 2. The van der Waals surface area contributed by atoms with Crippen molar-refractivity contribution in [3.8, 4) is 11.5 Å². The Labute approximate surface area is 222 Å². The summed E-state index contributed by atoms with van der Waals surface area (Å²) in [6.07, 6.45) is 0. The van der Waals surface area contributed by atoms with Crippen LogP contribution in [-0.4, -0.2) is 95.9 Å². The zero-order valence-corrected chi connectivity index (χ0v) is 21.0. The van der Waals surface area contributed by atoms with E-state index >= 15 is 0 Å². The minimum Gasteiger partial charge on any atom is -0.480 e. The third-order valence-corrected chi connectivity index (χ3v) is 5.72. The van der Waals surface area contributed by atoms with Crippen molar-refractivity contribution in [1.82, 2.24) is 15.1 Å². The summed E-state index contributed by atoms with van der Waals surface area (Å²) < 4.78 is 13.1. The second kappa shape index (κ2) is 13.3. The SMILES string of the molecule is [3H]CNc1ccc(Oc2ccc(C3(NCC(=O)O)CN(CC(=O)O)CCN(CC(=O)O)C3)cc2)cc1.[V]. The minimum absolute atomic E-state index is 0. The Bertz CT molecular complexity index is 1030. The fraction of sp³-hybridized carbons (Fsp3) is 0.375. The van der Waals surface area contributed by atoms with Gasteiger partial charge >= 0.3 is 17.9 Å². The molecule has 1 fully saturated rings. The van der Waals surface area contributed by atoms with Gasteiger partial charge in [0.1, 0.15) is 11.5 Å². The maximum Gasteiger partial charge on any atom is 0.317 e. The van der Waals surface area contributed by atoms with E-state index in [2.05, 4.69) is 10.6 Å². The van der Waals surface area contributed by atoms with Crippen LogP contribution in [0.15, 0.2) is 48.5 Å². The number of carbonyl (C=O) groups is 3. The van der Waals surface area contributed by atoms with E-state index in [-0.39, 0.29) is 51.8 Å². The largest absolute Gasteiger partial charge is 0.480 e. The van der Waals surface area contributed by atoms with Gasteiger partial charge in [0.05, 0.1) is 25.2 Å². The van der Waals surface area contributed by atoms with Gasteiger partial charge in [-0.1, -0.05) is 12.1 Å². The van der Waals surface area contributed by atoms with Crippen LogP contribution in [0, 0.1) is 0 Å². The van der Waals surface area contributed by atoms with Crippen LogP contribution >= 0.6 is 0 Å². The number of hydrogen-bond donors (Lipinski definition) is 5. The van der Waals surface area contributed by atoms with Crippen molar-refractivity contribution >= 4 is 23.6 Å². The van der Waals surface area contributed by atoms with E-state index in [0.717, 1.165) is 5.69 Å². The van der Waals surface area contributed by atoms with Crippen LogP contribution in [-0.2, 0) is 38.5 Å².